The molecule has 0 aliphatic heterocycles. The van der Waals surface area contributed by atoms with Gasteiger partial charge >= 0.3 is 0 Å². The number of hydrogen-bond acceptors (Lipinski definition) is 1. The van der Waals surface area contributed by atoms with Crippen LogP contribution in [-0.4, -0.2) is 5.91 Å². The van der Waals surface area contributed by atoms with E-state index < -0.39 is 0 Å². The van der Waals surface area contributed by atoms with Gasteiger partial charge in [0.1, 0.15) is 0 Å². The average molecular weight is 390 g/mol. The number of halogens is 2. The molecule has 1 N–H and O–H groups in total. The number of benzene rings is 2. The summed E-state index contributed by atoms with van der Waals surface area (Å²) >= 11 is 12.3. The van der Waals surface area contributed by atoms with E-state index in [0.29, 0.717) is 16.0 Å². The lowest BCUT2D eigenvalue weighted by molar-refractivity contribution is -0.122. The predicted octanol–water partition coefficient (Wildman–Crippen LogP) is 6.71. The van der Waals surface area contributed by atoms with Gasteiger partial charge in [0.25, 0.3) is 0 Å². The molecule has 0 unspecified atom stereocenters. The third-order valence-electron chi connectivity index (χ3n) is 6.17. The summed E-state index contributed by atoms with van der Waals surface area (Å²) < 4.78 is 0. The second-order valence-electron chi connectivity index (χ2n) is 8.03. The lowest BCUT2D eigenvalue weighted by atomic mass is 9.74. The van der Waals surface area contributed by atoms with E-state index in [2.05, 4.69) is 26.1 Å². The molecule has 1 amide bonds. The van der Waals surface area contributed by atoms with Crippen molar-refractivity contribution in [2.45, 2.75) is 40.0 Å². The van der Waals surface area contributed by atoms with Crippen molar-refractivity contribution in [3.05, 3.63) is 63.6 Å². The highest BCUT2D eigenvalue weighted by Crippen LogP contribution is 2.55. The minimum Gasteiger partial charge on any atom is -0.326 e. The molecule has 0 aromatic heterocycles. The van der Waals surface area contributed by atoms with Crippen LogP contribution in [0, 0.1) is 24.2 Å². The Hall–Kier alpha value is -1.51. The van der Waals surface area contributed by atoms with Crippen LogP contribution in [0.25, 0.3) is 0 Å². The zero-order valence-electron chi connectivity index (χ0n) is 15.6. The van der Waals surface area contributed by atoms with Crippen LogP contribution >= 0.6 is 23.2 Å². The first-order chi connectivity index (χ1) is 12.2. The van der Waals surface area contributed by atoms with Gasteiger partial charge in [-0.15, -0.1) is 0 Å². The third-order valence-corrected chi connectivity index (χ3v) is 6.91. The SMILES string of the molecule is Cc1ccc(NC(=O)[C@@H]2C[C@@H](c3ccc(Cl)c(Cl)c3)[C@@H](C)C2(C)C)cc1. The summed E-state index contributed by atoms with van der Waals surface area (Å²) in [5.74, 6) is 0.675. The monoisotopic (exact) mass is 389 g/mol. The van der Waals surface area contributed by atoms with Crippen molar-refractivity contribution in [1.82, 2.24) is 0 Å². The fourth-order valence-corrected chi connectivity index (χ4v) is 4.38. The lowest BCUT2D eigenvalue weighted by Crippen LogP contribution is -2.33. The molecule has 1 aliphatic rings. The molecule has 2 aromatic carbocycles. The van der Waals surface area contributed by atoms with Crippen molar-refractivity contribution in [3.63, 3.8) is 0 Å². The van der Waals surface area contributed by atoms with Crippen LogP contribution in [0.3, 0.4) is 0 Å². The van der Waals surface area contributed by atoms with E-state index in [1.807, 2.05) is 49.4 Å². The van der Waals surface area contributed by atoms with Gasteiger partial charge in [0.2, 0.25) is 5.91 Å². The van der Waals surface area contributed by atoms with Gasteiger partial charge in [-0.1, -0.05) is 67.7 Å². The van der Waals surface area contributed by atoms with E-state index in [4.69, 9.17) is 23.2 Å². The van der Waals surface area contributed by atoms with Gasteiger partial charge in [0.15, 0.2) is 0 Å². The van der Waals surface area contributed by atoms with Gasteiger partial charge in [-0.25, -0.2) is 0 Å². The molecule has 1 fully saturated rings. The van der Waals surface area contributed by atoms with Crippen LogP contribution < -0.4 is 5.32 Å². The van der Waals surface area contributed by atoms with Crippen LogP contribution in [0.2, 0.25) is 10.0 Å². The van der Waals surface area contributed by atoms with Crippen molar-refractivity contribution in [2.24, 2.45) is 17.3 Å². The first kappa shape index (κ1) is 19.3. The molecule has 0 heterocycles. The molecule has 0 bridgehead atoms. The highest BCUT2D eigenvalue weighted by molar-refractivity contribution is 6.42. The largest absolute Gasteiger partial charge is 0.326 e. The van der Waals surface area contributed by atoms with Gasteiger partial charge in [-0.05, 0) is 60.4 Å². The summed E-state index contributed by atoms with van der Waals surface area (Å²) in [4.78, 5) is 13.0. The zero-order chi connectivity index (χ0) is 19.1. The Morgan fingerprint density at radius 1 is 1.08 bits per heavy atom. The maximum atomic E-state index is 13.0. The molecule has 138 valence electrons. The molecule has 4 heteroatoms. The number of amides is 1. The van der Waals surface area contributed by atoms with Gasteiger partial charge in [0.05, 0.1) is 10.0 Å². The zero-order valence-corrected chi connectivity index (χ0v) is 17.2. The molecule has 3 rings (SSSR count). The fourth-order valence-electron chi connectivity index (χ4n) is 4.08. The number of rotatable bonds is 3. The second-order valence-corrected chi connectivity index (χ2v) is 8.85. The van der Waals surface area contributed by atoms with E-state index in [9.17, 15) is 4.79 Å². The average Bonchev–Trinajstić information content (AvgIpc) is 2.83. The van der Waals surface area contributed by atoms with Crippen molar-refractivity contribution in [3.8, 4) is 0 Å². The minimum absolute atomic E-state index is 0.0572. The Morgan fingerprint density at radius 2 is 1.73 bits per heavy atom. The van der Waals surface area contributed by atoms with Crippen LogP contribution in [0.4, 0.5) is 5.69 Å². The minimum atomic E-state index is -0.106. The Morgan fingerprint density at radius 3 is 2.35 bits per heavy atom. The first-order valence-corrected chi connectivity index (χ1v) is 9.78. The molecule has 3 atom stereocenters. The topological polar surface area (TPSA) is 29.1 Å². The summed E-state index contributed by atoms with van der Waals surface area (Å²) in [6.45, 7) is 8.64. The van der Waals surface area contributed by atoms with E-state index >= 15 is 0 Å². The second kappa shape index (κ2) is 7.25. The van der Waals surface area contributed by atoms with Crippen molar-refractivity contribution in [2.75, 3.05) is 5.32 Å². The molecular weight excluding hydrogens is 365 g/mol. The Balaban J connectivity index is 1.82. The number of hydrogen-bond donors (Lipinski definition) is 1. The summed E-state index contributed by atoms with van der Waals surface area (Å²) in [6, 6.07) is 13.8. The van der Waals surface area contributed by atoms with Crippen LogP contribution in [0.1, 0.15) is 44.2 Å². The molecule has 26 heavy (non-hydrogen) atoms. The van der Waals surface area contributed by atoms with Crippen molar-refractivity contribution < 1.29 is 4.79 Å². The van der Waals surface area contributed by atoms with Gasteiger partial charge in [-0.3, -0.25) is 4.79 Å². The normalized spacial score (nSPS) is 24.5. The smallest absolute Gasteiger partial charge is 0.228 e. The Kier molecular flexibility index (Phi) is 5.37. The summed E-state index contributed by atoms with van der Waals surface area (Å²) in [7, 11) is 0. The summed E-state index contributed by atoms with van der Waals surface area (Å²) in [5, 5.41) is 4.23. The van der Waals surface area contributed by atoms with E-state index in [1.54, 1.807) is 0 Å². The summed E-state index contributed by atoms with van der Waals surface area (Å²) in [6.07, 6.45) is 0.809. The standard InChI is InChI=1S/C22H25Cl2NO/c1-13-5-8-16(9-6-13)25-21(26)18-12-17(14(2)22(18,3)4)15-7-10-19(23)20(24)11-15/h5-11,14,17-18H,12H2,1-4H3,(H,25,26)/t14-,17-,18+/m1/s1. The van der Waals surface area contributed by atoms with E-state index in [0.717, 1.165) is 17.7 Å². The fraction of sp³-hybridized carbons (Fsp3) is 0.409. The van der Waals surface area contributed by atoms with Crippen molar-refractivity contribution >= 4 is 34.8 Å². The Bertz CT molecular complexity index is 813. The lowest BCUT2D eigenvalue weighted by Gasteiger charge is -2.31. The number of aryl methyl sites for hydroxylation is 1. The van der Waals surface area contributed by atoms with Gasteiger partial charge in [-0.2, -0.15) is 0 Å². The molecule has 0 radical (unpaired) electrons. The molecule has 1 aliphatic carbocycles. The van der Waals surface area contributed by atoms with E-state index in [1.165, 1.54) is 5.56 Å². The van der Waals surface area contributed by atoms with Gasteiger partial charge in [0, 0.05) is 11.6 Å². The maximum Gasteiger partial charge on any atom is 0.228 e. The third kappa shape index (κ3) is 3.63. The van der Waals surface area contributed by atoms with Gasteiger partial charge < -0.3 is 5.32 Å². The van der Waals surface area contributed by atoms with Crippen LogP contribution in [-0.2, 0) is 4.79 Å². The molecule has 0 saturated heterocycles. The van der Waals surface area contributed by atoms with E-state index in [-0.39, 0.29) is 23.2 Å². The van der Waals surface area contributed by atoms with Crippen LogP contribution in [0.5, 0.6) is 0 Å². The van der Waals surface area contributed by atoms with Crippen molar-refractivity contribution in [1.29, 1.82) is 0 Å². The predicted molar refractivity (Wildman–Crippen MR) is 110 cm³/mol. The number of anilines is 1. The molecule has 1 saturated carbocycles. The quantitative estimate of drug-likeness (QED) is 0.620. The molecular formula is C22H25Cl2NO. The highest BCUT2D eigenvalue weighted by atomic mass is 35.5. The highest BCUT2D eigenvalue weighted by Gasteiger charge is 2.50. The Labute approximate surface area is 165 Å². The first-order valence-electron chi connectivity index (χ1n) is 9.02. The molecule has 2 aromatic rings. The number of carbonyl (C=O) groups excluding carboxylic acids is 1. The summed E-state index contributed by atoms with van der Waals surface area (Å²) in [5.41, 5.74) is 3.08. The number of nitrogens with one attached hydrogen (secondary N) is 1. The molecule has 0 spiro atoms. The van der Waals surface area contributed by atoms with Crippen LogP contribution in [0.15, 0.2) is 42.5 Å². The molecule has 2 nitrogen and oxygen atoms in total. The number of carbonyl (C=O) groups is 1. The maximum absolute atomic E-state index is 13.0.